The third-order valence-corrected chi connectivity index (χ3v) is 6.20. The van der Waals surface area contributed by atoms with E-state index >= 15 is 0 Å². The first-order valence-corrected chi connectivity index (χ1v) is 10.2. The van der Waals surface area contributed by atoms with Crippen molar-refractivity contribution in [1.29, 1.82) is 0 Å². The Bertz CT molecular complexity index is 824. The van der Waals surface area contributed by atoms with Gasteiger partial charge < -0.3 is 19.9 Å². The van der Waals surface area contributed by atoms with Crippen LogP contribution in [0.4, 0.5) is 18.0 Å². The number of morpholine rings is 1. The Morgan fingerprint density at radius 2 is 1.90 bits per heavy atom. The number of likely N-dealkylation sites (tertiary alicyclic amines) is 2. The van der Waals surface area contributed by atoms with E-state index in [9.17, 15) is 22.8 Å². The van der Waals surface area contributed by atoms with Crippen molar-refractivity contribution in [2.45, 2.75) is 50.4 Å². The molecule has 4 rings (SSSR count). The number of carbonyl (C=O) groups is 2. The average Bonchev–Trinajstić information content (AvgIpc) is 2.71. The molecule has 30 heavy (non-hydrogen) atoms. The van der Waals surface area contributed by atoms with Gasteiger partial charge in [-0.15, -0.1) is 0 Å². The number of aromatic nitrogens is 1. The van der Waals surface area contributed by atoms with Crippen molar-refractivity contribution < 1.29 is 27.5 Å². The third kappa shape index (κ3) is 4.23. The number of alkyl halides is 3. The van der Waals surface area contributed by atoms with Gasteiger partial charge in [0.25, 0.3) is 0 Å². The molecule has 0 unspecified atom stereocenters. The molecular weight excluding hydrogens is 401 g/mol. The normalized spacial score (nSPS) is 25.7. The highest BCUT2D eigenvalue weighted by atomic mass is 19.4. The molecule has 164 valence electrons. The van der Waals surface area contributed by atoms with E-state index in [1.807, 2.05) is 0 Å². The second-order valence-corrected chi connectivity index (χ2v) is 8.23. The van der Waals surface area contributed by atoms with E-state index in [4.69, 9.17) is 4.74 Å². The van der Waals surface area contributed by atoms with Crippen LogP contribution in [0.1, 0.15) is 42.0 Å². The summed E-state index contributed by atoms with van der Waals surface area (Å²) in [6.07, 6.45) is -1.14. The number of piperidine rings is 2. The molecule has 1 aromatic heterocycles. The Hall–Kier alpha value is -2.36. The molecule has 2 atom stereocenters. The summed E-state index contributed by atoms with van der Waals surface area (Å²) in [7, 11) is 0. The molecule has 3 aliphatic rings. The fourth-order valence-electron chi connectivity index (χ4n) is 4.59. The second kappa shape index (κ2) is 8.05. The van der Waals surface area contributed by atoms with Crippen LogP contribution in [0.25, 0.3) is 0 Å². The van der Waals surface area contributed by atoms with Crippen LogP contribution >= 0.6 is 0 Å². The molecule has 4 heterocycles. The molecule has 3 amide bonds. The Morgan fingerprint density at radius 3 is 2.57 bits per heavy atom. The number of halogens is 3. The Morgan fingerprint density at radius 1 is 1.20 bits per heavy atom. The summed E-state index contributed by atoms with van der Waals surface area (Å²) in [5, 5.41) is 2.89. The van der Waals surface area contributed by atoms with Gasteiger partial charge in [-0.05, 0) is 43.2 Å². The van der Waals surface area contributed by atoms with E-state index in [1.165, 1.54) is 13.1 Å². The lowest BCUT2D eigenvalue weighted by Gasteiger charge is -2.43. The predicted octanol–water partition coefficient (Wildman–Crippen LogP) is 2.30. The molecule has 0 aromatic carbocycles. The molecule has 0 spiro atoms. The van der Waals surface area contributed by atoms with Gasteiger partial charge >= 0.3 is 12.2 Å². The van der Waals surface area contributed by atoms with Gasteiger partial charge in [0.2, 0.25) is 5.91 Å². The molecule has 7 nitrogen and oxygen atoms in total. The summed E-state index contributed by atoms with van der Waals surface area (Å²) in [4.78, 5) is 31.6. The number of hydrogen-bond acceptors (Lipinski definition) is 4. The van der Waals surface area contributed by atoms with E-state index < -0.39 is 11.9 Å². The number of hydrogen-bond donors (Lipinski definition) is 1. The van der Waals surface area contributed by atoms with Gasteiger partial charge in [-0.1, -0.05) is 6.07 Å². The second-order valence-electron chi connectivity index (χ2n) is 8.23. The van der Waals surface area contributed by atoms with Gasteiger partial charge in [0.05, 0.1) is 12.1 Å². The smallest absolute Gasteiger partial charge is 0.366 e. The van der Waals surface area contributed by atoms with Crippen molar-refractivity contribution in [2.75, 3.05) is 32.8 Å². The molecule has 0 saturated carbocycles. The van der Waals surface area contributed by atoms with E-state index in [2.05, 4.69) is 10.3 Å². The summed E-state index contributed by atoms with van der Waals surface area (Å²) in [6.45, 7) is 3.58. The van der Waals surface area contributed by atoms with Crippen LogP contribution < -0.4 is 5.32 Å². The molecule has 1 N–H and O–H groups in total. The van der Waals surface area contributed by atoms with E-state index in [0.29, 0.717) is 45.4 Å². The predicted molar refractivity (Wildman–Crippen MR) is 101 cm³/mol. The van der Waals surface area contributed by atoms with E-state index in [0.717, 1.165) is 5.56 Å². The number of carbonyl (C=O) groups excluding carboxylic acids is 2. The van der Waals surface area contributed by atoms with Gasteiger partial charge in [-0.3, -0.25) is 9.78 Å². The molecule has 3 fully saturated rings. The van der Waals surface area contributed by atoms with Crippen LogP contribution in [0.15, 0.2) is 12.3 Å². The van der Waals surface area contributed by atoms with E-state index in [1.54, 1.807) is 15.9 Å². The lowest BCUT2D eigenvalue weighted by molar-refractivity contribution is -0.141. The Kier molecular flexibility index (Phi) is 5.61. The highest BCUT2D eigenvalue weighted by Crippen LogP contribution is 2.34. The highest BCUT2D eigenvalue weighted by Gasteiger charge is 2.38. The quantitative estimate of drug-likeness (QED) is 0.748. The fourth-order valence-corrected chi connectivity index (χ4v) is 4.59. The lowest BCUT2D eigenvalue weighted by atomic mass is 9.89. The Labute approximate surface area is 172 Å². The van der Waals surface area contributed by atoms with Crippen molar-refractivity contribution in [1.82, 2.24) is 20.1 Å². The molecule has 3 saturated heterocycles. The summed E-state index contributed by atoms with van der Waals surface area (Å²) in [6, 6.07) is 1.32. The third-order valence-electron chi connectivity index (χ3n) is 6.20. The number of ether oxygens (including phenoxy) is 1. The van der Waals surface area contributed by atoms with Crippen LogP contribution in [-0.2, 0) is 15.7 Å². The van der Waals surface area contributed by atoms with Gasteiger partial charge in [0.1, 0.15) is 12.3 Å². The monoisotopic (exact) mass is 426 g/mol. The number of amides is 3. The lowest BCUT2D eigenvalue weighted by Crippen LogP contribution is -2.62. The number of nitrogens with one attached hydrogen (secondary N) is 1. The van der Waals surface area contributed by atoms with Crippen molar-refractivity contribution in [3.63, 3.8) is 0 Å². The fraction of sp³-hybridized carbons (Fsp3) is 0.650. The minimum atomic E-state index is -4.45. The maximum absolute atomic E-state index is 12.9. The molecule has 1 aromatic rings. The molecule has 3 aliphatic heterocycles. The van der Waals surface area contributed by atoms with Crippen LogP contribution in [0.5, 0.6) is 0 Å². The topological polar surface area (TPSA) is 74.8 Å². The standard InChI is InChI=1S/C20H25F3N4O3/c1-12-8-14(9-24-18(12)20(21,22)23)13-2-5-26(6-3-13)19(29)27-7-4-16-15(10-27)25-17(28)11-30-16/h8-9,13,15-16H,2-7,10-11H2,1H3,(H,25,28)/t15-,16+/m1/s1. The highest BCUT2D eigenvalue weighted by molar-refractivity contribution is 5.79. The average molecular weight is 426 g/mol. The van der Waals surface area contributed by atoms with Gasteiger partial charge in [-0.2, -0.15) is 13.2 Å². The molecular formula is C20H25F3N4O3. The summed E-state index contributed by atoms with van der Waals surface area (Å²) in [5.74, 6) is -0.0777. The number of nitrogens with zero attached hydrogens (tertiary/aromatic N) is 3. The van der Waals surface area contributed by atoms with Crippen LogP contribution in [0, 0.1) is 6.92 Å². The number of rotatable bonds is 1. The summed E-state index contributed by atoms with van der Waals surface area (Å²) < 4.78 is 44.3. The summed E-state index contributed by atoms with van der Waals surface area (Å²) in [5.41, 5.74) is 0.0645. The molecule has 0 aliphatic carbocycles. The minimum absolute atomic E-state index is 0.0482. The maximum atomic E-state index is 12.9. The first-order valence-electron chi connectivity index (χ1n) is 10.2. The first kappa shape index (κ1) is 20.9. The molecule has 0 radical (unpaired) electrons. The maximum Gasteiger partial charge on any atom is 0.433 e. The molecule has 10 heteroatoms. The molecule has 0 bridgehead atoms. The van der Waals surface area contributed by atoms with Crippen LogP contribution in [0.2, 0.25) is 0 Å². The number of urea groups is 1. The van der Waals surface area contributed by atoms with Gasteiger partial charge in [0, 0.05) is 32.4 Å². The largest absolute Gasteiger partial charge is 0.433 e. The van der Waals surface area contributed by atoms with Crippen molar-refractivity contribution >= 4 is 11.9 Å². The zero-order chi connectivity index (χ0) is 21.5. The van der Waals surface area contributed by atoms with Crippen molar-refractivity contribution in [3.8, 4) is 0 Å². The number of pyridine rings is 1. The Balaban J connectivity index is 1.34. The SMILES string of the molecule is Cc1cc(C2CCN(C(=O)N3CC[C@@H]4OCC(=O)N[C@@H]4C3)CC2)cnc1C(F)(F)F. The van der Waals surface area contributed by atoms with Crippen molar-refractivity contribution in [2.24, 2.45) is 0 Å². The first-order chi connectivity index (χ1) is 14.2. The van der Waals surface area contributed by atoms with Gasteiger partial charge in [0.15, 0.2) is 0 Å². The minimum Gasteiger partial charge on any atom is -0.366 e. The number of fused-ring (bicyclic) bond motifs is 1. The summed E-state index contributed by atoms with van der Waals surface area (Å²) >= 11 is 0. The number of aryl methyl sites for hydroxylation is 1. The van der Waals surface area contributed by atoms with Crippen LogP contribution in [-0.4, -0.2) is 71.7 Å². The van der Waals surface area contributed by atoms with Gasteiger partial charge in [-0.25, -0.2) is 4.79 Å². The van der Waals surface area contributed by atoms with E-state index in [-0.39, 0.29) is 42.2 Å². The van der Waals surface area contributed by atoms with Crippen molar-refractivity contribution in [3.05, 3.63) is 29.1 Å². The zero-order valence-electron chi connectivity index (χ0n) is 16.7. The van der Waals surface area contributed by atoms with Crippen LogP contribution in [0.3, 0.4) is 0 Å². The zero-order valence-corrected chi connectivity index (χ0v) is 16.7.